The topological polar surface area (TPSA) is 9.86 Å². The maximum Gasteiger partial charge on any atom is 0.0512 e. The van der Waals surface area contributed by atoms with E-state index in [1.165, 1.54) is 43.6 Å². The Balaban J connectivity index is 2.07. The zero-order valence-corrected chi connectivity index (χ0v) is 14.1. The monoisotopic (exact) mass is 312 g/mol. The second-order valence-electron chi connectivity index (χ2n) is 6.41. The van der Waals surface area contributed by atoms with Crippen molar-refractivity contribution in [3.63, 3.8) is 0 Å². The van der Waals surface area contributed by atoms with Gasteiger partial charge in [-0.25, -0.2) is 0 Å². The summed E-state index contributed by atoms with van der Waals surface area (Å²) < 4.78 is 4.86. The molecule has 0 fully saturated rings. The fourth-order valence-electron chi connectivity index (χ4n) is 4.27. The van der Waals surface area contributed by atoms with Gasteiger partial charge < -0.3 is 9.13 Å². The minimum absolute atomic E-state index is 0.988. The zero-order valence-electron chi connectivity index (χ0n) is 14.1. The molecule has 0 atom stereocenters. The summed E-state index contributed by atoms with van der Waals surface area (Å²) >= 11 is 0. The molecule has 2 nitrogen and oxygen atoms in total. The first-order valence-electron chi connectivity index (χ1n) is 8.75. The average molecular weight is 312 g/mol. The van der Waals surface area contributed by atoms with Crippen molar-refractivity contribution in [3.05, 3.63) is 60.7 Å². The Bertz CT molecular complexity index is 1130. The van der Waals surface area contributed by atoms with Gasteiger partial charge in [-0.2, -0.15) is 0 Å². The van der Waals surface area contributed by atoms with Crippen LogP contribution in [0.15, 0.2) is 60.7 Å². The van der Waals surface area contributed by atoms with Crippen molar-refractivity contribution in [2.24, 2.45) is 0 Å². The van der Waals surface area contributed by atoms with Crippen LogP contribution in [0.3, 0.4) is 0 Å². The molecule has 0 aliphatic rings. The van der Waals surface area contributed by atoms with Gasteiger partial charge in [0, 0.05) is 45.7 Å². The van der Waals surface area contributed by atoms with E-state index >= 15 is 0 Å². The SMILES string of the molecule is CCn1c2ccccc2c2cc3c4ccccc4n(CC)c3cc21. The molecule has 0 saturated heterocycles. The van der Waals surface area contributed by atoms with E-state index in [2.05, 4.69) is 83.6 Å². The summed E-state index contributed by atoms with van der Waals surface area (Å²) in [6.45, 7) is 6.43. The molecule has 118 valence electrons. The maximum atomic E-state index is 2.43. The first-order chi connectivity index (χ1) is 11.8. The highest BCUT2D eigenvalue weighted by molar-refractivity contribution is 6.18. The summed E-state index contributed by atoms with van der Waals surface area (Å²) in [6.07, 6.45) is 0. The van der Waals surface area contributed by atoms with Crippen molar-refractivity contribution in [1.29, 1.82) is 0 Å². The molecule has 2 heterocycles. The molecular formula is C22H20N2. The summed E-state index contributed by atoms with van der Waals surface area (Å²) in [7, 11) is 0. The van der Waals surface area contributed by atoms with E-state index in [4.69, 9.17) is 0 Å². The number of aromatic nitrogens is 2. The van der Waals surface area contributed by atoms with Gasteiger partial charge in [0.1, 0.15) is 0 Å². The third-order valence-corrected chi connectivity index (χ3v) is 5.30. The number of nitrogens with zero attached hydrogens (tertiary/aromatic N) is 2. The number of aryl methyl sites for hydroxylation is 2. The molecular weight excluding hydrogens is 292 g/mol. The number of hydrogen-bond acceptors (Lipinski definition) is 0. The largest absolute Gasteiger partial charge is 0.341 e. The van der Waals surface area contributed by atoms with E-state index in [1.54, 1.807) is 0 Å². The van der Waals surface area contributed by atoms with E-state index in [0.29, 0.717) is 0 Å². The zero-order chi connectivity index (χ0) is 16.3. The lowest BCUT2D eigenvalue weighted by Gasteiger charge is -2.05. The lowest BCUT2D eigenvalue weighted by atomic mass is 10.1. The lowest BCUT2D eigenvalue weighted by molar-refractivity contribution is 0.819. The molecule has 0 saturated carbocycles. The molecule has 5 aromatic rings. The Morgan fingerprint density at radius 1 is 0.542 bits per heavy atom. The van der Waals surface area contributed by atoms with Gasteiger partial charge in [0.05, 0.1) is 11.0 Å². The minimum atomic E-state index is 0.988. The van der Waals surface area contributed by atoms with Gasteiger partial charge in [0.2, 0.25) is 0 Å². The molecule has 3 aromatic carbocycles. The predicted molar refractivity (Wildman–Crippen MR) is 104 cm³/mol. The van der Waals surface area contributed by atoms with Crippen LogP contribution >= 0.6 is 0 Å². The first-order valence-corrected chi connectivity index (χ1v) is 8.75. The molecule has 0 N–H and O–H groups in total. The normalized spacial score (nSPS) is 12.1. The van der Waals surface area contributed by atoms with Crippen LogP contribution in [-0.4, -0.2) is 9.13 Å². The van der Waals surface area contributed by atoms with Gasteiger partial charge in [-0.1, -0.05) is 36.4 Å². The molecule has 0 radical (unpaired) electrons. The molecule has 0 spiro atoms. The molecule has 0 amide bonds. The Hall–Kier alpha value is -2.74. The molecule has 5 rings (SSSR count). The third-order valence-electron chi connectivity index (χ3n) is 5.30. The highest BCUT2D eigenvalue weighted by Crippen LogP contribution is 2.36. The minimum Gasteiger partial charge on any atom is -0.341 e. The van der Waals surface area contributed by atoms with Crippen LogP contribution in [-0.2, 0) is 13.1 Å². The van der Waals surface area contributed by atoms with Crippen LogP contribution in [0, 0.1) is 0 Å². The molecule has 0 aliphatic carbocycles. The fraction of sp³-hybridized carbons (Fsp3) is 0.182. The van der Waals surface area contributed by atoms with Gasteiger partial charge in [0.25, 0.3) is 0 Å². The van der Waals surface area contributed by atoms with Crippen molar-refractivity contribution in [1.82, 2.24) is 9.13 Å². The van der Waals surface area contributed by atoms with E-state index < -0.39 is 0 Å². The summed E-state index contributed by atoms with van der Waals surface area (Å²) in [5.74, 6) is 0. The summed E-state index contributed by atoms with van der Waals surface area (Å²) in [5, 5.41) is 5.42. The second-order valence-corrected chi connectivity index (χ2v) is 6.41. The van der Waals surface area contributed by atoms with E-state index in [1.807, 2.05) is 0 Å². The van der Waals surface area contributed by atoms with Gasteiger partial charge >= 0.3 is 0 Å². The molecule has 2 heteroatoms. The van der Waals surface area contributed by atoms with Crippen molar-refractivity contribution in [3.8, 4) is 0 Å². The van der Waals surface area contributed by atoms with Crippen LogP contribution in [0.1, 0.15) is 13.8 Å². The quantitative estimate of drug-likeness (QED) is 0.381. The molecule has 2 aromatic heterocycles. The number of fused-ring (bicyclic) bond motifs is 6. The average Bonchev–Trinajstić information content (AvgIpc) is 3.11. The number of rotatable bonds is 2. The number of benzene rings is 3. The van der Waals surface area contributed by atoms with Crippen LogP contribution in [0.4, 0.5) is 0 Å². The van der Waals surface area contributed by atoms with Crippen LogP contribution in [0.5, 0.6) is 0 Å². The standard InChI is InChI=1S/C22H20N2/c1-3-23-19-11-7-5-9-15(19)17-13-18-16-10-6-8-12-20(16)24(4-2)22(18)14-21(17)23/h5-14H,3-4H2,1-2H3. The van der Waals surface area contributed by atoms with Crippen LogP contribution in [0.25, 0.3) is 43.6 Å². The first kappa shape index (κ1) is 13.7. The number of hydrogen-bond donors (Lipinski definition) is 0. The highest BCUT2D eigenvalue weighted by atomic mass is 15.0. The molecule has 0 aliphatic heterocycles. The smallest absolute Gasteiger partial charge is 0.0512 e. The van der Waals surface area contributed by atoms with Crippen molar-refractivity contribution in [2.75, 3.05) is 0 Å². The molecule has 24 heavy (non-hydrogen) atoms. The summed E-state index contributed by atoms with van der Waals surface area (Å²) in [5.41, 5.74) is 5.33. The van der Waals surface area contributed by atoms with Crippen molar-refractivity contribution >= 4 is 43.6 Å². The second kappa shape index (κ2) is 4.88. The van der Waals surface area contributed by atoms with Crippen LogP contribution in [0.2, 0.25) is 0 Å². The highest BCUT2D eigenvalue weighted by Gasteiger charge is 2.15. The molecule has 0 unspecified atom stereocenters. The third kappa shape index (κ3) is 1.60. The Morgan fingerprint density at radius 2 is 1.00 bits per heavy atom. The Labute approximate surface area is 140 Å². The lowest BCUT2D eigenvalue weighted by Crippen LogP contribution is -1.95. The molecule has 0 bridgehead atoms. The van der Waals surface area contributed by atoms with Crippen LogP contribution < -0.4 is 0 Å². The van der Waals surface area contributed by atoms with Crippen molar-refractivity contribution < 1.29 is 0 Å². The van der Waals surface area contributed by atoms with Gasteiger partial charge in [-0.3, -0.25) is 0 Å². The predicted octanol–water partition coefficient (Wildman–Crippen LogP) is 5.94. The maximum absolute atomic E-state index is 2.43. The summed E-state index contributed by atoms with van der Waals surface area (Å²) in [6, 6.07) is 22.3. The van der Waals surface area contributed by atoms with Gasteiger partial charge in [-0.05, 0) is 38.1 Å². The fourth-order valence-corrected chi connectivity index (χ4v) is 4.27. The van der Waals surface area contributed by atoms with E-state index in [9.17, 15) is 0 Å². The van der Waals surface area contributed by atoms with Gasteiger partial charge in [0.15, 0.2) is 0 Å². The summed E-state index contributed by atoms with van der Waals surface area (Å²) in [4.78, 5) is 0. The Kier molecular flexibility index (Phi) is 2.78. The number of para-hydroxylation sites is 2. The Morgan fingerprint density at radius 3 is 1.46 bits per heavy atom. The van der Waals surface area contributed by atoms with E-state index in [-0.39, 0.29) is 0 Å². The van der Waals surface area contributed by atoms with E-state index in [0.717, 1.165) is 13.1 Å². The van der Waals surface area contributed by atoms with Gasteiger partial charge in [-0.15, -0.1) is 0 Å². The van der Waals surface area contributed by atoms with Crippen molar-refractivity contribution in [2.45, 2.75) is 26.9 Å².